The number of rotatable bonds is 5. The fourth-order valence-electron chi connectivity index (χ4n) is 7.16. The van der Waals surface area contributed by atoms with Crippen LogP contribution >= 0.6 is 0 Å². The van der Waals surface area contributed by atoms with Gasteiger partial charge in [-0.05, 0) is 80.5 Å². The third-order valence-corrected chi connectivity index (χ3v) is 8.27. The molecule has 0 heterocycles. The molecule has 0 heteroatoms. The first kappa shape index (κ1) is 17.6. The van der Waals surface area contributed by atoms with E-state index in [1.165, 1.54) is 57.8 Å². The van der Waals surface area contributed by atoms with Crippen molar-refractivity contribution in [1.82, 2.24) is 0 Å². The summed E-state index contributed by atoms with van der Waals surface area (Å²) in [5.41, 5.74) is 2.38. The minimum absolute atomic E-state index is 0.572. The van der Waals surface area contributed by atoms with Gasteiger partial charge in [0.2, 0.25) is 0 Å². The molecule has 132 valence electrons. The average Bonchev–Trinajstić information content (AvgIpc) is 2.90. The van der Waals surface area contributed by atoms with Crippen LogP contribution in [-0.4, -0.2) is 0 Å². The summed E-state index contributed by atoms with van der Waals surface area (Å²) in [4.78, 5) is 0. The van der Waals surface area contributed by atoms with Crippen molar-refractivity contribution in [2.75, 3.05) is 0 Å². The Morgan fingerprint density at radius 2 is 1.83 bits per heavy atom. The number of unbranched alkanes of at least 4 members (excludes halogenated alkanes) is 1. The molecule has 0 nitrogen and oxygen atoms in total. The third kappa shape index (κ3) is 3.05. The van der Waals surface area contributed by atoms with Crippen LogP contribution in [0.2, 0.25) is 0 Å². The Morgan fingerprint density at radius 1 is 1.00 bits per heavy atom. The van der Waals surface area contributed by atoms with Gasteiger partial charge in [-0.3, -0.25) is 0 Å². The summed E-state index contributed by atoms with van der Waals surface area (Å²) in [5.74, 6) is 5.26. The molecule has 0 radical (unpaired) electrons. The zero-order valence-corrected chi connectivity index (χ0v) is 16.2. The maximum atomic E-state index is 2.62. The smallest absolute Gasteiger partial charge is 0.00853 e. The molecule has 0 spiro atoms. The molecule has 0 aromatic rings. The lowest BCUT2D eigenvalue weighted by molar-refractivity contribution is -0.0320. The Bertz CT molecular complexity index is 420. The van der Waals surface area contributed by atoms with Crippen molar-refractivity contribution in [2.45, 2.75) is 98.3 Å². The Labute approximate surface area is 145 Å². The molecule has 0 aliphatic heterocycles. The highest BCUT2D eigenvalue weighted by molar-refractivity contribution is 5.22. The molecule has 23 heavy (non-hydrogen) atoms. The second-order valence-electron chi connectivity index (χ2n) is 9.18. The van der Waals surface area contributed by atoms with E-state index >= 15 is 0 Å². The molecule has 0 aromatic heterocycles. The number of allylic oxidation sites excluding steroid dienone is 2. The van der Waals surface area contributed by atoms with E-state index in [2.05, 4.69) is 33.8 Å². The van der Waals surface area contributed by atoms with Crippen LogP contribution in [-0.2, 0) is 0 Å². The van der Waals surface area contributed by atoms with Gasteiger partial charge in [0.1, 0.15) is 0 Å². The van der Waals surface area contributed by atoms with E-state index in [1.807, 2.05) is 0 Å². The van der Waals surface area contributed by atoms with Gasteiger partial charge in [-0.1, -0.05) is 64.5 Å². The van der Waals surface area contributed by atoms with E-state index in [-0.39, 0.29) is 0 Å². The lowest BCUT2D eigenvalue weighted by Gasteiger charge is -2.54. The quantitative estimate of drug-likeness (QED) is 0.464. The summed E-state index contributed by atoms with van der Waals surface area (Å²) in [7, 11) is 0. The molecule has 0 amide bonds. The van der Waals surface area contributed by atoms with E-state index in [0.29, 0.717) is 5.41 Å². The van der Waals surface area contributed by atoms with Crippen LogP contribution in [0.15, 0.2) is 11.6 Å². The van der Waals surface area contributed by atoms with Gasteiger partial charge in [-0.2, -0.15) is 0 Å². The van der Waals surface area contributed by atoms with Gasteiger partial charge in [0.25, 0.3) is 0 Å². The van der Waals surface area contributed by atoms with Crippen LogP contribution < -0.4 is 0 Å². The van der Waals surface area contributed by atoms with E-state index in [1.54, 1.807) is 18.4 Å². The fraction of sp³-hybridized carbons (Fsp3) is 0.913. The molecule has 3 fully saturated rings. The monoisotopic (exact) mass is 316 g/mol. The summed E-state index contributed by atoms with van der Waals surface area (Å²) in [6, 6.07) is 0. The number of hydrogen-bond acceptors (Lipinski definition) is 0. The van der Waals surface area contributed by atoms with Crippen molar-refractivity contribution in [3.05, 3.63) is 11.6 Å². The van der Waals surface area contributed by atoms with Gasteiger partial charge < -0.3 is 0 Å². The largest absolute Gasteiger partial charge is 0.0879 e. The Morgan fingerprint density at radius 3 is 2.52 bits per heavy atom. The topological polar surface area (TPSA) is 0 Å². The molecular weight excluding hydrogens is 276 g/mol. The third-order valence-electron chi connectivity index (χ3n) is 8.27. The average molecular weight is 317 g/mol. The summed E-state index contributed by atoms with van der Waals surface area (Å²) in [6.45, 7) is 9.69. The molecular formula is C23H40. The van der Waals surface area contributed by atoms with Gasteiger partial charge in [0.15, 0.2) is 0 Å². The zero-order valence-electron chi connectivity index (χ0n) is 16.2. The Hall–Kier alpha value is -0.260. The molecule has 0 bridgehead atoms. The highest BCUT2D eigenvalue weighted by atomic mass is 14.6. The van der Waals surface area contributed by atoms with Crippen LogP contribution in [0.4, 0.5) is 0 Å². The van der Waals surface area contributed by atoms with Crippen molar-refractivity contribution in [2.24, 2.45) is 35.0 Å². The second kappa shape index (κ2) is 7.32. The molecule has 6 atom stereocenters. The maximum Gasteiger partial charge on any atom is -0.00853 e. The molecule has 3 aliphatic carbocycles. The molecule has 3 aliphatic rings. The van der Waals surface area contributed by atoms with Crippen LogP contribution in [0.3, 0.4) is 0 Å². The van der Waals surface area contributed by atoms with E-state index in [0.717, 1.165) is 29.6 Å². The van der Waals surface area contributed by atoms with Gasteiger partial charge >= 0.3 is 0 Å². The molecule has 0 saturated heterocycles. The van der Waals surface area contributed by atoms with E-state index < -0.39 is 0 Å². The van der Waals surface area contributed by atoms with Crippen molar-refractivity contribution in [3.8, 4) is 0 Å². The summed E-state index contributed by atoms with van der Waals surface area (Å²) in [5, 5.41) is 0. The fourth-order valence-corrected chi connectivity index (χ4v) is 7.16. The van der Waals surface area contributed by atoms with Crippen molar-refractivity contribution in [3.63, 3.8) is 0 Å². The minimum atomic E-state index is 0.572. The van der Waals surface area contributed by atoms with Gasteiger partial charge in [-0.15, -0.1) is 0 Å². The van der Waals surface area contributed by atoms with Crippen molar-refractivity contribution >= 4 is 0 Å². The van der Waals surface area contributed by atoms with Crippen molar-refractivity contribution in [1.29, 1.82) is 0 Å². The van der Waals surface area contributed by atoms with E-state index in [9.17, 15) is 0 Å². The van der Waals surface area contributed by atoms with E-state index in [4.69, 9.17) is 0 Å². The van der Waals surface area contributed by atoms with Crippen LogP contribution in [0.1, 0.15) is 98.3 Å². The zero-order chi connectivity index (χ0) is 16.4. The summed E-state index contributed by atoms with van der Waals surface area (Å²) >= 11 is 0. The number of fused-ring (bicyclic) bond motifs is 3. The molecule has 3 saturated carbocycles. The summed E-state index contributed by atoms with van der Waals surface area (Å²) in [6.07, 6.45) is 18.8. The molecule has 6 unspecified atom stereocenters. The predicted molar refractivity (Wildman–Crippen MR) is 101 cm³/mol. The minimum Gasteiger partial charge on any atom is -0.0879 e. The van der Waals surface area contributed by atoms with Crippen LogP contribution in [0.25, 0.3) is 0 Å². The van der Waals surface area contributed by atoms with Crippen LogP contribution in [0.5, 0.6) is 0 Å². The number of hydrogen-bond donors (Lipinski definition) is 0. The maximum absolute atomic E-state index is 2.62. The predicted octanol–water partition coefficient (Wildman–Crippen LogP) is 7.39. The first-order chi connectivity index (χ1) is 11.2. The second-order valence-corrected chi connectivity index (χ2v) is 9.18. The highest BCUT2D eigenvalue weighted by Crippen LogP contribution is 2.63. The highest BCUT2D eigenvalue weighted by Gasteiger charge is 2.54. The molecule has 0 aromatic carbocycles. The van der Waals surface area contributed by atoms with Gasteiger partial charge in [-0.25, -0.2) is 0 Å². The summed E-state index contributed by atoms with van der Waals surface area (Å²) < 4.78 is 0. The standard InChI is InChI=1S/C23H40/c1-5-8-10-17-11-13-21-20(19(17)9-6-2)15-16-23(4)18(7-3)12-14-22(21)23/h7,17,19-22H,5-6,8-16H2,1-4H3/b18-7-. The Kier molecular flexibility index (Phi) is 5.59. The van der Waals surface area contributed by atoms with Crippen molar-refractivity contribution < 1.29 is 0 Å². The Balaban J connectivity index is 1.78. The molecule has 0 N–H and O–H groups in total. The van der Waals surface area contributed by atoms with Gasteiger partial charge in [0, 0.05) is 0 Å². The van der Waals surface area contributed by atoms with Gasteiger partial charge in [0.05, 0.1) is 0 Å². The lowest BCUT2D eigenvalue weighted by atomic mass is 9.51. The SMILES string of the molecule is C/C=C1/CCC2C3CCC(CCCC)C(CCC)C3CCC12C. The first-order valence-corrected chi connectivity index (χ1v) is 10.8. The van der Waals surface area contributed by atoms with Crippen LogP contribution in [0, 0.1) is 35.0 Å². The lowest BCUT2D eigenvalue weighted by Crippen LogP contribution is -2.46. The first-order valence-electron chi connectivity index (χ1n) is 10.8. The normalized spacial score (nSPS) is 45.0. The molecule has 3 rings (SSSR count).